The van der Waals surface area contributed by atoms with E-state index in [0.717, 1.165) is 12.1 Å². The average molecular weight is 266 g/mol. The Labute approximate surface area is 106 Å². The molecule has 0 aliphatic carbocycles. The third-order valence-electron chi connectivity index (χ3n) is 2.89. The van der Waals surface area contributed by atoms with Gasteiger partial charge in [0.2, 0.25) is 6.41 Å². The molecule has 0 heterocycles. The zero-order chi connectivity index (χ0) is 13.3. The normalized spacial score (nSPS) is 12.4. The first-order valence-electron chi connectivity index (χ1n) is 6.01. The van der Waals surface area contributed by atoms with E-state index in [4.69, 9.17) is 0 Å². The van der Waals surface area contributed by atoms with E-state index in [1.54, 1.807) is 0 Å². The summed E-state index contributed by atoms with van der Waals surface area (Å²) >= 11 is 0. The maximum Gasteiger partial charge on any atom is 0.211 e. The molecule has 17 heavy (non-hydrogen) atoms. The number of hydrogen-bond acceptors (Lipinski definition) is 1. The van der Waals surface area contributed by atoms with Crippen LogP contribution in [0, 0.1) is 0 Å². The first-order chi connectivity index (χ1) is 7.64. The molecular formula is C13H23NOSi2. The number of carbonyl (C=O) groups is 1. The molecule has 0 aliphatic rings. The van der Waals surface area contributed by atoms with Crippen LogP contribution < -0.4 is 15.7 Å². The number of anilines is 1. The summed E-state index contributed by atoms with van der Waals surface area (Å²) in [7, 11) is -2.68. The molecule has 1 aromatic carbocycles. The molecule has 2 nitrogen and oxygen atoms in total. The molecule has 1 rings (SSSR count). The molecule has 1 N–H and O–H groups in total. The van der Waals surface area contributed by atoms with Gasteiger partial charge in [0, 0.05) is 5.69 Å². The summed E-state index contributed by atoms with van der Waals surface area (Å²) in [5.41, 5.74) is 0.942. The van der Waals surface area contributed by atoms with Crippen molar-refractivity contribution in [3.05, 3.63) is 18.2 Å². The fourth-order valence-electron chi connectivity index (χ4n) is 1.64. The molecule has 4 heteroatoms. The van der Waals surface area contributed by atoms with E-state index in [2.05, 4.69) is 62.8 Å². The van der Waals surface area contributed by atoms with Crippen LogP contribution in [0.2, 0.25) is 39.3 Å². The second kappa shape index (κ2) is 4.78. The summed E-state index contributed by atoms with van der Waals surface area (Å²) in [6.07, 6.45) is 0.761. The molecule has 94 valence electrons. The van der Waals surface area contributed by atoms with E-state index in [0.29, 0.717) is 0 Å². The summed E-state index contributed by atoms with van der Waals surface area (Å²) in [6.45, 7) is 14.0. The quantitative estimate of drug-likeness (QED) is 0.657. The Morgan fingerprint density at radius 1 is 0.882 bits per heavy atom. The first kappa shape index (κ1) is 14.2. The van der Waals surface area contributed by atoms with Crippen LogP contribution in [0.5, 0.6) is 0 Å². The van der Waals surface area contributed by atoms with Gasteiger partial charge in [-0.3, -0.25) is 4.79 Å². The Balaban J connectivity index is 3.34. The monoisotopic (exact) mass is 265 g/mol. The van der Waals surface area contributed by atoms with Crippen LogP contribution in [0.25, 0.3) is 0 Å². The van der Waals surface area contributed by atoms with E-state index < -0.39 is 16.1 Å². The van der Waals surface area contributed by atoms with Crippen molar-refractivity contribution >= 4 is 38.6 Å². The second-order valence-corrected chi connectivity index (χ2v) is 16.7. The molecule has 0 saturated heterocycles. The highest BCUT2D eigenvalue weighted by Gasteiger charge is 2.22. The lowest BCUT2D eigenvalue weighted by Gasteiger charge is -2.23. The number of rotatable bonds is 4. The smallest absolute Gasteiger partial charge is 0.211 e. The van der Waals surface area contributed by atoms with Gasteiger partial charge in [0.25, 0.3) is 0 Å². The zero-order valence-corrected chi connectivity index (χ0v) is 13.7. The molecule has 0 saturated carbocycles. The predicted molar refractivity (Wildman–Crippen MR) is 82.1 cm³/mol. The predicted octanol–water partition coefficient (Wildman–Crippen LogP) is 2.35. The van der Waals surface area contributed by atoms with Gasteiger partial charge in [0.05, 0.1) is 16.1 Å². The number of carbonyl (C=O) groups excluding carboxylic acids is 1. The lowest BCUT2D eigenvalue weighted by Crippen LogP contribution is -2.45. The van der Waals surface area contributed by atoms with Gasteiger partial charge in [-0.1, -0.05) is 55.7 Å². The van der Waals surface area contributed by atoms with Crippen LogP contribution in [-0.2, 0) is 4.79 Å². The van der Waals surface area contributed by atoms with Crippen LogP contribution in [0.4, 0.5) is 5.69 Å². The Hall–Kier alpha value is -0.876. The number of hydrogen-bond donors (Lipinski definition) is 1. The molecule has 0 spiro atoms. The molecule has 1 amide bonds. The summed E-state index contributed by atoms with van der Waals surface area (Å²) in [5.74, 6) is 0. The van der Waals surface area contributed by atoms with Crippen molar-refractivity contribution in [2.75, 3.05) is 5.32 Å². The van der Waals surface area contributed by atoms with E-state index in [1.165, 1.54) is 10.4 Å². The first-order valence-corrected chi connectivity index (χ1v) is 13.0. The zero-order valence-electron chi connectivity index (χ0n) is 11.7. The third kappa shape index (κ3) is 3.82. The van der Waals surface area contributed by atoms with E-state index >= 15 is 0 Å². The van der Waals surface area contributed by atoms with Gasteiger partial charge in [-0.15, -0.1) is 0 Å². The topological polar surface area (TPSA) is 29.1 Å². The van der Waals surface area contributed by atoms with Gasteiger partial charge < -0.3 is 5.32 Å². The summed E-state index contributed by atoms with van der Waals surface area (Å²) in [5, 5.41) is 5.63. The molecule has 0 unspecified atom stereocenters. The fraction of sp³-hybridized carbons (Fsp3) is 0.462. The number of amides is 1. The standard InChI is InChI=1S/C13H23NOSi2/c1-16(2,3)12-7-11(14-10-15)8-13(9-12)17(4,5)6/h7-10H,1-6H3,(H,14,15). The Kier molecular flexibility index (Phi) is 3.99. The van der Waals surface area contributed by atoms with E-state index in [9.17, 15) is 4.79 Å². The summed E-state index contributed by atoms with van der Waals surface area (Å²) in [4.78, 5) is 10.6. The van der Waals surface area contributed by atoms with Crippen LogP contribution in [0.15, 0.2) is 18.2 Å². The highest BCUT2D eigenvalue weighted by atomic mass is 28.3. The lowest BCUT2D eigenvalue weighted by molar-refractivity contribution is -0.105. The average Bonchev–Trinajstić information content (AvgIpc) is 2.15. The summed E-state index contributed by atoms with van der Waals surface area (Å²) in [6, 6.07) is 6.61. The molecule has 0 aromatic heterocycles. The molecule has 1 aromatic rings. The van der Waals surface area contributed by atoms with Crippen molar-refractivity contribution in [3.63, 3.8) is 0 Å². The summed E-state index contributed by atoms with van der Waals surface area (Å²) < 4.78 is 0. The molecule has 0 aliphatic heterocycles. The molecule has 0 atom stereocenters. The van der Waals surface area contributed by atoms with Gasteiger partial charge in [-0.2, -0.15) is 0 Å². The molecular weight excluding hydrogens is 242 g/mol. The van der Waals surface area contributed by atoms with Gasteiger partial charge in [-0.05, 0) is 12.1 Å². The van der Waals surface area contributed by atoms with Crippen LogP contribution in [0.3, 0.4) is 0 Å². The molecule has 0 fully saturated rings. The maximum atomic E-state index is 10.6. The van der Waals surface area contributed by atoms with E-state index in [1.807, 2.05) is 0 Å². The lowest BCUT2D eigenvalue weighted by atomic mass is 10.3. The van der Waals surface area contributed by atoms with Crippen molar-refractivity contribution in [1.82, 2.24) is 0 Å². The fourth-order valence-corrected chi connectivity index (χ4v) is 4.14. The highest BCUT2D eigenvalue weighted by Crippen LogP contribution is 2.11. The van der Waals surface area contributed by atoms with Crippen LogP contribution in [-0.4, -0.2) is 22.6 Å². The maximum absolute atomic E-state index is 10.6. The van der Waals surface area contributed by atoms with Crippen LogP contribution in [0.1, 0.15) is 0 Å². The Morgan fingerprint density at radius 2 is 1.29 bits per heavy atom. The molecule has 0 bridgehead atoms. The minimum Gasteiger partial charge on any atom is -0.329 e. The second-order valence-electron chi connectivity index (χ2n) is 6.56. The Bertz CT molecular complexity index is 384. The van der Waals surface area contributed by atoms with Crippen molar-refractivity contribution in [3.8, 4) is 0 Å². The largest absolute Gasteiger partial charge is 0.329 e. The van der Waals surface area contributed by atoms with Gasteiger partial charge in [0.15, 0.2) is 0 Å². The highest BCUT2D eigenvalue weighted by molar-refractivity contribution is 6.91. The van der Waals surface area contributed by atoms with Crippen molar-refractivity contribution in [1.29, 1.82) is 0 Å². The van der Waals surface area contributed by atoms with Gasteiger partial charge >= 0.3 is 0 Å². The molecule has 0 radical (unpaired) electrons. The van der Waals surface area contributed by atoms with Crippen molar-refractivity contribution in [2.24, 2.45) is 0 Å². The van der Waals surface area contributed by atoms with Crippen LogP contribution >= 0.6 is 0 Å². The minimum absolute atomic E-state index is 0.761. The number of benzene rings is 1. The minimum atomic E-state index is -1.34. The SMILES string of the molecule is C[Si](C)(C)c1cc(NC=O)cc([Si](C)(C)C)c1. The third-order valence-corrected chi connectivity index (χ3v) is 6.93. The van der Waals surface area contributed by atoms with Gasteiger partial charge in [-0.25, -0.2) is 0 Å². The van der Waals surface area contributed by atoms with Crippen molar-refractivity contribution < 1.29 is 4.79 Å². The number of nitrogens with one attached hydrogen (secondary N) is 1. The Morgan fingerprint density at radius 3 is 1.59 bits per heavy atom. The van der Waals surface area contributed by atoms with Crippen molar-refractivity contribution in [2.45, 2.75) is 39.3 Å². The van der Waals surface area contributed by atoms with E-state index in [-0.39, 0.29) is 0 Å². The van der Waals surface area contributed by atoms with Gasteiger partial charge in [0.1, 0.15) is 0 Å².